The maximum absolute atomic E-state index is 10.8. The van der Waals surface area contributed by atoms with Gasteiger partial charge in [-0.1, -0.05) is 0 Å². The number of benzene rings is 1. The van der Waals surface area contributed by atoms with Gasteiger partial charge in [0.1, 0.15) is 5.78 Å². The molecule has 0 bridgehead atoms. The molecule has 0 amide bonds. The van der Waals surface area contributed by atoms with Crippen molar-refractivity contribution in [1.29, 1.82) is 0 Å². The first kappa shape index (κ1) is 13.6. The number of aromatic hydroxyl groups is 1. The van der Waals surface area contributed by atoms with Crippen LogP contribution in [0.4, 0.5) is 11.4 Å². The zero-order valence-electron chi connectivity index (χ0n) is 9.45. The molecule has 0 unspecified atom stereocenters. The van der Waals surface area contributed by atoms with E-state index >= 15 is 0 Å². The highest BCUT2D eigenvalue weighted by Crippen LogP contribution is 2.36. The van der Waals surface area contributed by atoms with Gasteiger partial charge in [0.2, 0.25) is 0 Å². The molecular weight excluding hydrogens is 244 g/mol. The fraction of sp³-hybridized carbons (Fsp3) is 0.300. The van der Waals surface area contributed by atoms with E-state index in [-0.39, 0.29) is 24.2 Å². The van der Waals surface area contributed by atoms with Gasteiger partial charge >= 0.3 is 11.4 Å². The Bertz CT molecular complexity index is 490. The van der Waals surface area contributed by atoms with Crippen LogP contribution in [0.2, 0.25) is 0 Å². The van der Waals surface area contributed by atoms with E-state index in [2.05, 4.69) is 0 Å². The van der Waals surface area contributed by atoms with E-state index in [0.717, 1.165) is 12.1 Å². The van der Waals surface area contributed by atoms with Gasteiger partial charge in [0.15, 0.2) is 0 Å². The minimum atomic E-state index is -0.975. The monoisotopic (exact) mass is 254 g/mol. The molecule has 0 fully saturated rings. The highest BCUT2D eigenvalue weighted by molar-refractivity contribution is 5.75. The third kappa shape index (κ3) is 3.00. The second-order valence-corrected chi connectivity index (χ2v) is 3.70. The Hall–Kier alpha value is -2.51. The van der Waals surface area contributed by atoms with Crippen molar-refractivity contribution in [2.24, 2.45) is 0 Å². The molecule has 1 N–H and O–H groups in total. The van der Waals surface area contributed by atoms with Gasteiger partial charge in [-0.05, 0) is 18.9 Å². The topological polar surface area (TPSA) is 124 Å². The summed E-state index contributed by atoms with van der Waals surface area (Å²) in [5.41, 5.74) is -1.20. The van der Waals surface area contributed by atoms with Crippen LogP contribution < -0.4 is 0 Å². The van der Waals surface area contributed by atoms with Crippen molar-refractivity contribution in [2.75, 3.05) is 0 Å². The highest BCUT2D eigenvalue weighted by atomic mass is 16.6. The first-order valence-electron chi connectivity index (χ1n) is 4.97. The van der Waals surface area contributed by atoms with Gasteiger partial charge in [-0.2, -0.15) is 0 Å². The number of nitrogens with zero attached hydrogens (tertiary/aromatic N) is 2. The summed E-state index contributed by atoms with van der Waals surface area (Å²) in [5, 5.41) is 30.7. The van der Waals surface area contributed by atoms with E-state index < -0.39 is 27.0 Å². The SMILES string of the molecule is CC(=O)CCc1cc([N+](=O)[O-])c(O)c([N+](=O)[O-])c1. The molecule has 1 aromatic rings. The molecule has 0 heterocycles. The number of phenolic OH excluding ortho intramolecular Hbond substituents is 1. The van der Waals surface area contributed by atoms with Crippen molar-refractivity contribution in [1.82, 2.24) is 0 Å². The number of carbonyl (C=O) groups excluding carboxylic acids is 1. The number of hydrogen-bond acceptors (Lipinski definition) is 6. The zero-order valence-corrected chi connectivity index (χ0v) is 9.45. The molecule has 0 atom stereocenters. The Morgan fingerprint density at radius 3 is 2.00 bits per heavy atom. The van der Waals surface area contributed by atoms with Gasteiger partial charge in [0.05, 0.1) is 9.85 Å². The predicted molar refractivity (Wildman–Crippen MR) is 60.4 cm³/mol. The second-order valence-electron chi connectivity index (χ2n) is 3.70. The Morgan fingerprint density at radius 2 is 1.67 bits per heavy atom. The largest absolute Gasteiger partial charge is 0.497 e. The van der Waals surface area contributed by atoms with Gasteiger partial charge in [0.25, 0.3) is 5.75 Å². The third-order valence-corrected chi connectivity index (χ3v) is 2.29. The van der Waals surface area contributed by atoms with Crippen molar-refractivity contribution in [3.05, 3.63) is 37.9 Å². The number of carbonyl (C=O) groups is 1. The molecule has 1 aromatic carbocycles. The number of nitro groups is 2. The number of hydrogen-bond donors (Lipinski definition) is 1. The summed E-state index contributed by atoms with van der Waals surface area (Å²) in [7, 11) is 0. The molecule has 0 aliphatic heterocycles. The fourth-order valence-corrected chi connectivity index (χ4v) is 1.40. The van der Waals surface area contributed by atoms with Gasteiger partial charge in [0, 0.05) is 18.6 Å². The number of ketones is 1. The molecule has 1 rings (SSSR count). The fourth-order valence-electron chi connectivity index (χ4n) is 1.40. The molecule has 0 spiro atoms. The van der Waals surface area contributed by atoms with Crippen LogP contribution in [0.15, 0.2) is 12.1 Å². The van der Waals surface area contributed by atoms with Crippen molar-refractivity contribution < 1.29 is 19.7 Å². The average Bonchev–Trinajstić information content (AvgIpc) is 2.26. The zero-order chi connectivity index (χ0) is 13.9. The normalized spacial score (nSPS) is 10.1. The molecule has 96 valence electrons. The lowest BCUT2D eigenvalue weighted by Gasteiger charge is -2.02. The second kappa shape index (κ2) is 5.21. The van der Waals surface area contributed by atoms with Gasteiger partial charge in [-0.25, -0.2) is 0 Å². The maximum atomic E-state index is 10.8. The number of rotatable bonds is 5. The van der Waals surface area contributed by atoms with Crippen molar-refractivity contribution >= 4 is 17.2 Å². The summed E-state index contributed by atoms with van der Waals surface area (Å²) < 4.78 is 0. The van der Waals surface area contributed by atoms with E-state index in [1.54, 1.807) is 0 Å². The molecule has 8 heteroatoms. The van der Waals surface area contributed by atoms with Crippen LogP contribution in [-0.4, -0.2) is 20.7 Å². The van der Waals surface area contributed by atoms with E-state index in [9.17, 15) is 30.1 Å². The Morgan fingerprint density at radius 1 is 1.22 bits per heavy atom. The van der Waals surface area contributed by atoms with Crippen LogP contribution in [0, 0.1) is 20.2 Å². The van der Waals surface area contributed by atoms with Crippen LogP contribution in [-0.2, 0) is 11.2 Å². The van der Waals surface area contributed by atoms with E-state index in [1.165, 1.54) is 6.92 Å². The van der Waals surface area contributed by atoms with Crippen LogP contribution in [0.1, 0.15) is 18.9 Å². The molecule has 0 saturated heterocycles. The summed E-state index contributed by atoms with van der Waals surface area (Å²) in [6, 6.07) is 2.07. The van der Waals surface area contributed by atoms with Crippen LogP contribution in [0.3, 0.4) is 0 Å². The first-order chi connectivity index (χ1) is 8.32. The molecule has 0 aromatic heterocycles. The van der Waals surface area contributed by atoms with Gasteiger partial charge in [-0.15, -0.1) is 0 Å². The number of aryl methyl sites for hydroxylation is 1. The van der Waals surface area contributed by atoms with Crippen molar-refractivity contribution in [3.8, 4) is 5.75 Å². The minimum Gasteiger partial charge on any atom is -0.497 e. The number of nitro benzene ring substituents is 2. The Kier molecular flexibility index (Phi) is 3.93. The van der Waals surface area contributed by atoms with Crippen molar-refractivity contribution in [3.63, 3.8) is 0 Å². The van der Waals surface area contributed by atoms with E-state index in [1.807, 2.05) is 0 Å². The standard InChI is InChI=1S/C10H10N2O6/c1-6(13)2-3-7-4-8(11(15)16)10(14)9(5-7)12(17)18/h4-5,14H,2-3H2,1H3. The molecule has 0 radical (unpaired) electrons. The van der Waals surface area contributed by atoms with Crippen LogP contribution >= 0.6 is 0 Å². The molecule has 0 aliphatic rings. The Balaban J connectivity index is 3.24. The highest BCUT2D eigenvalue weighted by Gasteiger charge is 2.26. The minimum absolute atomic E-state index is 0.124. The molecule has 18 heavy (non-hydrogen) atoms. The van der Waals surface area contributed by atoms with Gasteiger partial charge in [-0.3, -0.25) is 20.2 Å². The van der Waals surface area contributed by atoms with Gasteiger partial charge < -0.3 is 9.90 Å². The smallest absolute Gasteiger partial charge is 0.318 e. The van der Waals surface area contributed by atoms with E-state index in [0.29, 0.717) is 0 Å². The van der Waals surface area contributed by atoms with Crippen LogP contribution in [0.25, 0.3) is 0 Å². The van der Waals surface area contributed by atoms with Crippen molar-refractivity contribution in [2.45, 2.75) is 19.8 Å². The molecular formula is C10H10N2O6. The Labute approximate surface area is 101 Å². The summed E-state index contributed by atoms with van der Waals surface area (Å²) in [6.07, 6.45) is 0.274. The number of Topliss-reactive ketones (excluding diaryl/α,β-unsaturated/α-hetero) is 1. The maximum Gasteiger partial charge on any atom is 0.318 e. The van der Waals surface area contributed by atoms with E-state index in [4.69, 9.17) is 0 Å². The lowest BCUT2D eigenvalue weighted by atomic mass is 10.1. The first-order valence-corrected chi connectivity index (χ1v) is 4.97. The summed E-state index contributed by atoms with van der Waals surface area (Å²) in [6.45, 7) is 1.35. The third-order valence-electron chi connectivity index (χ3n) is 2.29. The molecule has 8 nitrogen and oxygen atoms in total. The lowest BCUT2D eigenvalue weighted by molar-refractivity contribution is -0.396. The lowest BCUT2D eigenvalue weighted by Crippen LogP contribution is -1.99. The molecule has 0 saturated carbocycles. The summed E-state index contributed by atoms with van der Waals surface area (Å²) in [4.78, 5) is 30.3. The molecule has 0 aliphatic carbocycles. The summed E-state index contributed by atoms with van der Waals surface area (Å²) in [5.74, 6) is -1.11. The average molecular weight is 254 g/mol. The summed E-state index contributed by atoms with van der Waals surface area (Å²) >= 11 is 0. The van der Waals surface area contributed by atoms with Crippen LogP contribution in [0.5, 0.6) is 5.75 Å². The number of phenols is 1. The predicted octanol–water partition coefficient (Wildman–Crippen LogP) is 1.73. The quantitative estimate of drug-likeness (QED) is 0.630.